The molecule has 8 heteroatoms. The molecule has 5 nitrogen and oxygen atoms in total. The molecule has 0 bridgehead atoms. The minimum absolute atomic E-state index is 0.0572. The lowest BCUT2D eigenvalue weighted by Gasteiger charge is -2.30. The van der Waals surface area contributed by atoms with E-state index >= 15 is 4.39 Å². The highest BCUT2D eigenvalue weighted by atomic mass is 19.3. The number of aliphatic imine (C=N–C) groups is 1. The number of nitrogens with two attached hydrogens (primary N) is 1. The van der Waals surface area contributed by atoms with Gasteiger partial charge < -0.3 is 10.3 Å². The first-order chi connectivity index (χ1) is 19.3. The zero-order valence-corrected chi connectivity index (χ0v) is 22.7. The van der Waals surface area contributed by atoms with Crippen LogP contribution in [-0.2, 0) is 12.1 Å². The lowest BCUT2D eigenvalue weighted by Crippen LogP contribution is -2.31. The quantitative estimate of drug-likeness (QED) is 0.296. The van der Waals surface area contributed by atoms with Crippen LogP contribution in [0, 0.1) is 17.7 Å². The van der Waals surface area contributed by atoms with Crippen LogP contribution in [0.25, 0.3) is 11.1 Å². The molecule has 0 amide bonds. The molecule has 0 saturated heterocycles. The smallest absolute Gasteiger partial charge is 0.269 e. The van der Waals surface area contributed by atoms with Gasteiger partial charge in [-0.2, -0.15) is 0 Å². The fourth-order valence-corrected chi connectivity index (χ4v) is 4.97. The van der Waals surface area contributed by atoms with Gasteiger partial charge in [-0.25, -0.2) is 18.2 Å². The zero-order chi connectivity index (χ0) is 29.0. The number of alkyl halides is 2. The molecule has 0 radical (unpaired) electrons. The van der Waals surface area contributed by atoms with Crippen LogP contribution >= 0.6 is 0 Å². The molecule has 1 aliphatic rings. The Balaban J connectivity index is 0.00000181. The Morgan fingerprint density at radius 2 is 1.77 bits per heavy atom. The maximum absolute atomic E-state index is 15.0. The summed E-state index contributed by atoms with van der Waals surface area (Å²) in [5, 5.41) is 0. The van der Waals surface area contributed by atoms with E-state index in [1.807, 2.05) is 32.0 Å². The van der Waals surface area contributed by atoms with Crippen molar-refractivity contribution in [3.05, 3.63) is 123 Å². The van der Waals surface area contributed by atoms with Gasteiger partial charge in [0.05, 0.1) is 11.1 Å². The lowest BCUT2D eigenvalue weighted by atomic mass is 9.77. The summed E-state index contributed by atoms with van der Waals surface area (Å²) in [5.74, 6) is 5.20. The van der Waals surface area contributed by atoms with Gasteiger partial charge >= 0.3 is 0 Å². The molecular formula is C32H29F3N4O. The second-order valence-electron chi connectivity index (χ2n) is 8.86. The van der Waals surface area contributed by atoms with E-state index in [-0.39, 0.29) is 23.5 Å². The van der Waals surface area contributed by atoms with Gasteiger partial charge in [0.15, 0.2) is 0 Å². The molecule has 204 valence electrons. The fourth-order valence-electron chi connectivity index (χ4n) is 4.97. The number of benzene rings is 2. The van der Waals surface area contributed by atoms with E-state index in [9.17, 15) is 13.6 Å². The monoisotopic (exact) mass is 542 g/mol. The number of hydrogen-bond acceptors (Lipinski definition) is 4. The minimum atomic E-state index is -3.01. The molecule has 4 aromatic rings. The summed E-state index contributed by atoms with van der Waals surface area (Å²) in [5.41, 5.74) is 6.98. The van der Waals surface area contributed by atoms with E-state index in [0.29, 0.717) is 11.1 Å². The summed E-state index contributed by atoms with van der Waals surface area (Å²) in [7, 11) is 0. The van der Waals surface area contributed by atoms with Gasteiger partial charge in [-0.05, 0) is 49.2 Å². The molecule has 0 aliphatic carbocycles. The third-order valence-corrected chi connectivity index (χ3v) is 6.68. The summed E-state index contributed by atoms with van der Waals surface area (Å²) in [6.45, 7) is 7.58. The Hall–Kier alpha value is -4.64. The number of fused-ring (bicyclic) bond motifs is 1. The second kappa shape index (κ2) is 11.6. The Morgan fingerprint density at radius 1 is 1.02 bits per heavy atom. The minimum Gasteiger partial charge on any atom is -0.383 e. The lowest BCUT2D eigenvalue weighted by molar-refractivity contribution is 0.148. The van der Waals surface area contributed by atoms with Crippen LogP contribution in [0.3, 0.4) is 0 Å². The number of pyridine rings is 2. The van der Waals surface area contributed by atoms with Crippen LogP contribution in [0.4, 0.5) is 13.2 Å². The summed E-state index contributed by atoms with van der Waals surface area (Å²) >= 11 is 0. The van der Waals surface area contributed by atoms with Crippen molar-refractivity contribution < 1.29 is 13.2 Å². The summed E-state index contributed by atoms with van der Waals surface area (Å²) < 4.78 is 44.3. The highest BCUT2D eigenvalue weighted by Gasteiger charge is 2.45. The number of amidine groups is 1. The average Bonchev–Trinajstić information content (AvgIpc) is 3.28. The van der Waals surface area contributed by atoms with Crippen LogP contribution in [0.5, 0.6) is 0 Å². The van der Waals surface area contributed by atoms with Gasteiger partial charge in [-0.1, -0.05) is 50.1 Å². The first-order valence-electron chi connectivity index (χ1n) is 13.0. The SMILES string of the molecule is CC.CC#Cc1cncc(-c2cccc(C3(c4cc(C(F)F)c(=O)n(CC)c4)N=C(N)c4c(F)cccc43)c2)c1. The normalized spacial score (nSPS) is 15.4. The van der Waals surface area contributed by atoms with Gasteiger partial charge in [-0.15, -0.1) is 5.92 Å². The van der Waals surface area contributed by atoms with Crippen molar-refractivity contribution in [1.29, 1.82) is 0 Å². The van der Waals surface area contributed by atoms with E-state index in [1.165, 1.54) is 22.9 Å². The number of nitrogens with zero attached hydrogens (tertiary/aromatic N) is 3. The van der Waals surface area contributed by atoms with Crippen molar-refractivity contribution in [1.82, 2.24) is 9.55 Å². The largest absolute Gasteiger partial charge is 0.383 e. The molecule has 2 N–H and O–H groups in total. The van der Waals surface area contributed by atoms with E-state index in [1.54, 1.807) is 44.4 Å². The molecule has 0 fully saturated rings. The van der Waals surface area contributed by atoms with Crippen molar-refractivity contribution in [2.45, 2.75) is 46.2 Å². The number of rotatable bonds is 5. The van der Waals surface area contributed by atoms with Crippen LogP contribution < -0.4 is 11.3 Å². The Morgan fingerprint density at radius 3 is 2.48 bits per heavy atom. The second-order valence-corrected chi connectivity index (χ2v) is 8.86. The molecule has 2 aromatic heterocycles. The van der Waals surface area contributed by atoms with E-state index in [4.69, 9.17) is 10.7 Å². The Kier molecular flexibility index (Phi) is 8.24. The predicted molar refractivity (Wildman–Crippen MR) is 152 cm³/mol. The zero-order valence-electron chi connectivity index (χ0n) is 22.7. The molecule has 40 heavy (non-hydrogen) atoms. The van der Waals surface area contributed by atoms with Crippen molar-refractivity contribution in [2.75, 3.05) is 0 Å². The maximum Gasteiger partial charge on any atom is 0.269 e. The van der Waals surface area contributed by atoms with Crippen molar-refractivity contribution in [2.24, 2.45) is 10.7 Å². The van der Waals surface area contributed by atoms with Crippen LogP contribution in [0.2, 0.25) is 0 Å². The third-order valence-electron chi connectivity index (χ3n) is 6.68. The Labute approximate surface area is 231 Å². The molecule has 0 spiro atoms. The first kappa shape index (κ1) is 28.4. The Bertz CT molecular complexity index is 1720. The number of aryl methyl sites for hydroxylation is 1. The number of aromatic nitrogens is 2. The number of hydrogen-bond donors (Lipinski definition) is 1. The van der Waals surface area contributed by atoms with Gasteiger partial charge in [0.2, 0.25) is 0 Å². The van der Waals surface area contributed by atoms with Gasteiger partial charge in [0.1, 0.15) is 17.2 Å². The van der Waals surface area contributed by atoms with E-state index < -0.39 is 28.9 Å². The molecule has 1 aliphatic heterocycles. The molecule has 3 heterocycles. The molecule has 1 unspecified atom stereocenters. The van der Waals surface area contributed by atoms with Crippen molar-refractivity contribution in [3.63, 3.8) is 0 Å². The van der Waals surface area contributed by atoms with Crippen LogP contribution in [-0.4, -0.2) is 15.4 Å². The van der Waals surface area contributed by atoms with Gasteiger partial charge in [0, 0.05) is 47.4 Å². The summed E-state index contributed by atoms with van der Waals surface area (Å²) in [6, 6.07) is 14.8. The molecule has 5 rings (SSSR count). The summed E-state index contributed by atoms with van der Waals surface area (Å²) in [4.78, 5) is 21.7. The summed E-state index contributed by atoms with van der Waals surface area (Å²) in [6.07, 6.45) is 1.84. The molecule has 2 aromatic carbocycles. The van der Waals surface area contributed by atoms with Gasteiger partial charge in [0.25, 0.3) is 12.0 Å². The van der Waals surface area contributed by atoms with Gasteiger partial charge in [-0.3, -0.25) is 9.78 Å². The highest BCUT2D eigenvalue weighted by Crippen LogP contribution is 2.47. The molecular weight excluding hydrogens is 513 g/mol. The van der Waals surface area contributed by atoms with Crippen LogP contribution in [0.1, 0.15) is 67.5 Å². The standard InChI is InChI=1S/C30H23F3N4O.C2H6/c1-3-7-18-12-20(16-35-15-18)19-8-5-9-21(13-19)30(24-10-6-11-25(31)26(24)28(34)36-30)22-14-23(27(32)33)29(38)37(4-2)17-22;1-2/h5-6,8-17,27H,4H2,1-2H3,(H2,34,36);1-2H3. The average molecular weight is 543 g/mol. The highest BCUT2D eigenvalue weighted by molar-refractivity contribution is 6.03. The fraction of sp³-hybridized carbons (Fsp3) is 0.219. The molecule has 1 atom stereocenters. The van der Waals surface area contributed by atoms with Crippen LogP contribution in [0.15, 0.2) is 83.0 Å². The van der Waals surface area contributed by atoms with E-state index in [2.05, 4.69) is 16.8 Å². The first-order valence-corrected chi connectivity index (χ1v) is 13.0. The van der Waals surface area contributed by atoms with Crippen molar-refractivity contribution >= 4 is 5.84 Å². The molecule has 0 saturated carbocycles. The maximum atomic E-state index is 15.0. The topological polar surface area (TPSA) is 73.3 Å². The van der Waals surface area contributed by atoms with Crippen molar-refractivity contribution in [3.8, 4) is 23.0 Å². The van der Waals surface area contributed by atoms with E-state index in [0.717, 1.165) is 22.8 Å². The number of halogens is 3. The predicted octanol–water partition coefficient (Wildman–Crippen LogP) is 6.42. The third kappa shape index (κ3) is 4.79.